The second kappa shape index (κ2) is 4.58. The Labute approximate surface area is 82.5 Å². The van der Waals surface area contributed by atoms with E-state index >= 15 is 0 Å². The summed E-state index contributed by atoms with van der Waals surface area (Å²) in [6, 6.07) is 4.65. The molecule has 0 aliphatic rings. The van der Waals surface area contributed by atoms with Crippen LogP contribution in [0.5, 0.6) is 0 Å². The van der Waals surface area contributed by atoms with E-state index in [1.54, 1.807) is 19.2 Å². The van der Waals surface area contributed by atoms with Gasteiger partial charge in [-0.15, -0.1) is 0 Å². The molecule has 13 heavy (non-hydrogen) atoms. The third-order valence-corrected chi connectivity index (χ3v) is 2.06. The molecular weight excluding hydrogens is 191 g/mol. The van der Waals surface area contributed by atoms with E-state index in [0.29, 0.717) is 6.61 Å². The fourth-order valence-corrected chi connectivity index (χ4v) is 1.24. The van der Waals surface area contributed by atoms with E-state index < -0.39 is 5.82 Å². The van der Waals surface area contributed by atoms with Crippen molar-refractivity contribution in [1.29, 1.82) is 0 Å². The summed E-state index contributed by atoms with van der Waals surface area (Å²) < 4.78 is 17.7. The van der Waals surface area contributed by atoms with Crippen LogP contribution in [0, 0.1) is 11.7 Å². The highest BCUT2D eigenvalue weighted by Gasteiger charge is 2.08. The van der Waals surface area contributed by atoms with Gasteiger partial charge >= 0.3 is 0 Å². The Morgan fingerprint density at radius 2 is 2.23 bits per heavy atom. The molecule has 0 saturated carbocycles. The number of halogens is 2. The molecule has 0 spiro atoms. The average molecular weight is 202 g/mol. The molecule has 1 rings (SSSR count). The summed E-state index contributed by atoms with van der Waals surface area (Å²) in [6.07, 6.45) is 0. The quantitative estimate of drug-likeness (QED) is 0.731. The molecule has 0 saturated heterocycles. The van der Waals surface area contributed by atoms with Crippen molar-refractivity contribution >= 4 is 11.6 Å². The SMILES string of the molecule is COC[C](C)c1ccc(F)c(Cl)c1. The first kappa shape index (κ1) is 10.5. The number of ether oxygens (including phenoxy) is 1. The van der Waals surface area contributed by atoms with Gasteiger partial charge in [0.05, 0.1) is 11.6 Å². The van der Waals surface area contributed by atoms with Gasteiger partial charge in [-0.1, -0.05) is 24.6 Å². The topological polar surface area (TPSA) is 9.23 Å². The van der Waals surface area contributed by atoms with Crippen LogP contribution in [0.2, 0.25) is 5.02 Å². The normalized spacial score (nSPS) is 10.8. The summed E-state index contributed by atoms with van der Waals surface area (Å²) in [7, 11) is 1.62. The number of methoxy groups -OCH3 is 1. The minimum Gasteiger partial charge on any atom is -0.384 e. The molecule has 71 valence electrons. The van der Waals surface area contributed by atoms with Crippen molar-refractivity contribution in [1.82, 2.24) is 0 Å². The fraction of sp³-hybridized carbons (Fsp3) is 0.300. The molecule has 0 amide bonds. The first-order valence-electron chi connectivity index (χ1n) is 3.92. The van der Waals surface area contributed by atoms with Crippen LogP contribution < -0.4 is 0 Å². The summed E-state index contributed by atoms with van der Waals surface area (Å²) >= 11 is 5.63. The molecule has 0 unspecified atom stereocenters. The molecule has 0 heterocycles. The van der Waals surface area contributed by atoms with Crippen molar-refractivity contribution in [3.63, 3.8) is 0 Å². The van der Waals surface area contributed by atoms with Crippen LogP contribution in [0.25, 0.3) is 0 Å². The number of hydrogen-bond donors (Lipinski definition) is 0. The molecule has 0 N–H and O–H groups in total. The summed E-state index contributed by atoms with van der Waals surface area (Å²) in [6.45, 7) is 2.45. The van der Waals surface area contributed by atoms with Gasteiger partial charge in [-0.3, -0.25) is 0 Å². The molecule has 1 nitrogen and oxygen atoms in total. The van der Waals surface area contributed by atoms with Gasteiger partial charge in [-0.25, -0.2) is 4.39 Å². The Bertz CT molecular complexity index is 288. The van der Waals surface area contributed by atoms with Gasteiger partial charge in [0.2, 0.25) is 0 Å². The predicted molar refractivity (Wildman–Crippen MR) is 51.3 cm³/mol. The van der Waals surface area contributed by atoms with E-state index in [0.717, 1.165) is 11.5 Å². The van der Waals surface area contributed by atoms with E-state index in [2.05, 4.69) is 0 Å². The molecule has 1 aromatic rings. The standard InChI is InChI=1S/C10H11ClFO/c1-7(6-13-2)8-3-4-10(12)9(11)5-8/h3-5H,6H2,1-2H3. The highest BCUT2D eigenvalue weighted by atomic mass is 35.5. The van der Waals surface area contributed by atoms with Crippen LogP contribution in [-0.2, 0) is 4.74 Å². The third kappa shape index (κ3) is 2.68. The Morgan fingerprint density at radius 3 is 2.77 bits per heavy atom. The lowest BCUT2D eigenvalue weighted by molar-refractivity contribution is 0.214. The Morgan fingerprint density at radius 1 is 1.54 bits per heavy atom. The van der Waals surface area contributed by atoms with Crippen LogP contribution in [0.3, 0.4) is 0 Å². The zero-order valence-corrected chi connectivity index (χ0v) is 8.36. The molecule has 0 aliphatic heterocycles. The van der Waals surface area contributed by atoms with Crippen molar-refractivity contribution in [2.75, 3.05) is 13.7 Å². The van der Waals surface area contributed by atoms with Gasteiger partial charge < -0.3 is 4.74 Å². The van der Waals surface area contributed by atoms with Crippen LogP contribution in [0.1, 0.15) is 12.5 Å². The lowest BCUT2D eigenvalue weighted by Gasteiger charge is -2.09. The molecule has 1 aromatic carbocycles. The van der Waals surface area contributed by atoms with Crippen molar-refractivity contribution in [2.45, 2.75) is 6.92 Å². The lowest BCUT2D eigenvalue weighted by Crippen LogP contribution is -2.02. The van der Waals surface area contributed by atoms with Crippen LogP contribution >= 0.6 is 11.6 Å². The molecule has 0 atom stereocenters. The third-order valence-electron chi connectivity index (χ3n) is 1.77. The maximum Gasteiger partial charge on any atom is 0.141 e. The molecule has 0 fully saturated rings. The van der Waals surface area contributed by atoms with Gasteiger partial charge in [-0.05, 0) is 17.7 Å². The van der Waals surface area contributed by atoms with Crippen molar-refractivity contribution in [3.8, 4) is 0 Å². The Balaban J connectivity index is 2.84. The first-order valence-corrected chi connectivity index (χ1v) is 4.29. The van der Waals surface area contributed by atoms with Crippen molar-refractivity contribution in [2.24, 2.45) is 0 Å². The second-order valence-electron chi connectivity index (χ2n) is 2.84. The summed E-state index contributed by atoms with van der Waals surface area (Å²) in [5.41, 5.74) is 0.910. The Hall–Kier alpha value is -0.600. The van der Waals surface area contributed by atoms with E-state index in [-0.39, 0.29) is 5.02 Å². The van der Waals surface area contributed by atoms with Crippen molar-refractivity contribution < 1.29 is 9.13 Å². The van der Waals surface area contributed by atoms with Gasteiger partial charge in [0.1, 0.15) is 5.82 Å². The zero-order valence-electron chi connectivity index (χ0n) is 7.60. The van der Waals surface area contributed by atoms with Gasteiger partial charge in [0.25, 0.3) is 0 Å². The van der Waals surface area contributed by atoms with E-state index in [4.69, 9.17) is 16.3 Å². The van der Waals surface area contributed by atoms with Gasteiger partial charge in [0, 0.05) is 13.0 Å². The molecule has 3 heteroatoms. The zero-order chi connectivity index (χ0) is 9.84. The lowest BCUT2D eigenvalue weighted by atomic mass is 10.0. The van der Waals surface area contributed by atoms with Gasteiger partial charge in [0.15, 0.2) is 0 Å². The highest BCUT2D eigenvalue weighted by Crippen LogP contribution is 2.21. The summed E-state index contributed by atoms with van der Waals surface area (Å²) in [5.74, 6) is 0.639. The number of rotatable bonds is 3. The molecule has 0 aromatic heterocycles. The Kier molecular flexibility index (Phi) is 3.70. The van der Waals surface area contributed by atoms with E-state index in [1.807, 2.05) is 6.92 Å². The molecule has 0 bridgehead atoms. The predicted octanol–water partition coefficient (Wildman–Crippen LogP) is 3.07. The second-order valence-corrected chi connectivity index (χ2v) is 3.25. The number of hydrogen-bond acceptors (Lipinski definition) is 1. The largest absolute Gasteiger partial charge is 0.384 e. The van der Waals surface area contributed by atoms with Crippen LogP contribution in [0.4, 0.5) is 4.39 Å². The minimum absolute atomic E-state index is 0.146. The molecule has 0 aliphatic carbocycles. The van der Waals surface area contributed by atoms with E-state index in [1.165, 1.54) is 6.07 Å². The van der Waals surface area contributed by atoms with Crippen molar-refractivity contribution in [3.05, 3.63) is 40.5 Å². The first-order chi connectivity index (χ1) is 6.15. The highest BCUT2D eigenvalue weighted by molar-refractivity contribution is 6.30. The average Bonchev–Trinajstić information content (AvgIpc) is 2.10. The number of benzene rings is 1. The molecule has 1 radical (unpaired) electrons. The fourth-order valence-electron chi connectivity index (χ4n) is 1.06. The minimum atomic E-state index is -0.393. The van der Waals surface area contributed by atoms with E-state index in [9.17, 15) is 4.39 Å². The van der Waals surface area contributed by atoms with Gasteiger partial charge in [-0.2, -0.15) is 0 Å². The maximum atomic E-state index is 12.8. The van der Waals surface area contributed by atoms with Crippen LogP contribution in [0.15, 0.2) is 18.2 Å². The monoisotopic (exact) mass is 201 g/mol. The summed E-state index contributed by atoms with van der Waals surface area (Å²) in [4.78, 5) is 0. The molecular formula is C10H11ClFO. The summed E-state index contributed by atoms with van der Waals surface area (Å²) in [5, 5.41) is 0.146. The van der Waals surface area contributed by atoms with Crippen LogP contribution in [-0.4, -0.2) is 13.7 Å². The smallest absolute Gasteiger partial charge is 0.141 e. The maximum absolute atomic E-state index is 12.8.